The van der Waals surface area contributed by atoms with E-state index in [0.717, 1.165) is 35.8 Å². The van der Waals surface area contributed by atoms with Gasteiger partial charge in [0.25, 0.3) is 0 Å². The van der Waals surface area contributed by atoms with Gasteiger partial charge in [-0.25, -0.2) is 0 Å². The van der Waals surface area contributed by atoms with Crippen LogP contribution in [0.25, 0.3) is 0 Å². The smallest absolute Gasteiger partial charge is 0.0542 e. The summed E-state index contributed by atoms with van der Waals surface area (Å²) >= 11 is 0. The molecule has 1 unspecified atom stereocenters. The standard InChI is InChI=1S/C13H22N2OS/c1-4-15(5-2)8-9-17(16)12-6-7-13(14)11(3)10-12/h6-7,10H,4-5,8-9,14H2,1-3H3. The lowest BCUT2D eigenvalue weighted by Gasteiger charge is -2.17. The van der Waals surface area contributed by atoms with Crippen LogP contribution in [-0.4, -0.2) is 34.5 Å². The maximum absolute atomic E-state index is 12.1. The summed E-state index contributed by atoms with van der Waals surface area (Å²) in [6.45, 7) is 9.09. The van der Waals surface area contributed by atoms with Crippen molar-refractivity contribution in [3.8, 4) is 0 Å². The van der Waals surface area contributed by atoms with Crippen LogP contribution in [0.2, 0.25) is 0 Å². The number of nitrogens with zero attached hydrogens (tertiary/aromatic N) is 1. The second-order valence-electron chi connectivity index (χ2n) is 4.09. The van der Waals surface area contributed by atoms with Gasteiger partial charge in [0, 0.05) is 22.9 Å². The van der Waals surface area contributed by atoms with Gasteiger partial charge in [-0.2, -0.15) is 0 Å². The van der Waals surface area contributed by atoms with Crippen molar-refractivity contribution in [2.75, 3.05) is 31.1 Å². The summed E-state index contributed by atoms with van der Waals surface area (Å²) in [5.74, 6) is 0.686. The van der Waals surface area contributed by atoms with E-state index in [-0.39, 0.29) is 0 Å². The van der Waals surface area contributed by atoms with Crippen LogP contribution in [0.4, 0.5) is 5.69 Å². The molecule has 17 heavy (non-hydrogen) atoms. The Balaban J connectivity index is 2.61. The predicted molar refractivity (Wildman–Crippen MR) is 74.7 cm³/mol. The Morgan fingerprint density at radius 1 is 1.29 bits per heavy atom. The minimum atomic E-state index is -0.923. The van der Waals surface area contributed by atoms with E-state index in [1.165, 1.54) is 0 Å². The van der Waals surface area contributed by atoms with Gasteiger partial charge in [0.2, 0.25) is 0 Å². The zero-order valence-corrected chi connectivity index (χ0v) is 11.7. The molecule has 0 saturated heterocycles. The molecule has 0 fully saturated rings. The second kappa shape index (κ2) is 6.77. The highest BCUT2D eigenvalue weighted by Gasteiger charge is 2.07. The van der Waals surface area contributed by atoms with Crippen LogP contribution in [0, 0.1) is 6.92 Å². The molecule has 1 atom stereocenters. The van der Waals surface area contributed by atoms with E-state index in [2.05, 4.69) is 18.7 Å². The predicted octanol–water partition coefficient (Wildman–Crippen LogP) is 2.03. The summed E-state index contributed by atoms with van der Waals surface area (Å²) in [5.41, 5.74) is 7.50. The maximum Gasteiger partial charge on any atom is 0.0542 e. The Labute approximate surface area is 106 Å². The Bertz CT molecular complexity index is 389. The first-order valence-corrected chi connectivity index (χ1v) is 7.37. The molecule has 1 aromatic carbocycles. The van der Waals surface area contributed by atoms with Gasteiger partial charge in [-0.1, -0.05) is 13.8 Å². The van der Waals surface area contributed by atoms with Crippen molar-refractivity contribution < 1.29 is 4.21 Å². The first-order chi connectivity index (χ1) is 8.08. The molecular weight excluding hydrogens is 232 g/mol. The Morgan fingerprint density at radius 2 is 1.94 bits per heavy atom. The third-order valence-corrected chi connectivity index (χ3v) is 4.32. The monoisotopic (exact) mass is 254 g/mol. The SMILES string of the molecule is CCN(CC)CCS(=O)c1ccc(N)c(C)c1. The lowest BCUT2D eigenvalue weighted by Crippen LogP contribution is -2.27. The van der Waals surface area contributed by atoms with Crippen molar-refractivity contribution in [1.82, 2.24) is 4.90 Å². The van der Waals surface area contributed by atoms with E-state index in [1.807, 2.05) is 25.1 Å². The van der Waals surface area contributed by atoms with Crippen LogP contribution in [0.5, 0.6) is 0 Å². The molecular formula is C13H22N2OS. The van der Waals surface area contributed by atoms with Crippen molar-refractivity contribution >= 4 is 16.5 Å². The first-order valence-electron chi connectivity index (χ1n) is 6.05. The maximum atomic E-state index is 12.1. The van der Waals surface area contributed by atoms with E-state index in [9.17, 15) is 4.21 Å². The molecule has 1 aromatic rings. The number of hydrogen-bond acceptors (Lipinski definition) is 3. The number of rotatable bonds is 6. The minimum absolute atomic E-state index is 0.686. The van der Waals surface area contributed by atoms with Crippen LogP contribution in [0.15, 0.2) is 23.1 Å². The topological polar surface area (TPSA) is 46.3 Å². The number of anilines is 1. The summed E-state index contributed by atoms with van der Waals surface area (Å²) in [6, 6.07) is 5.62. The van der Waals surface area contributed by atoms with Crippen LogP contribution in [-0.2, 0) is 10.8 Å². The number of hydrogen-bond donors (Lipinski definition) is 1. The molecule has 96 valence electrons. The van der Waals surface area contributed by atoms with Gasteiger partial charge in [0.05, 0.1) is 10.8 Å². The van der Waals surface area contributed by atoms with Crippen LogP contribution in [0.1, 0.15) is 19.4 Å². The molecule has 0 aliphatic heterocycles. The second-order valence-corrected chi connectivity index (χ2v) is 5.67. The van der Waals surface area contributed by atoms with Gasteiger partial charge < -0.3 is 10.6 Å². The molecule has 0 radical (unpaired) electrons. The fraction of sp³-hybridized carbons (Fsp3) is 0.538. The third kappa shape index (κ3) is 4.13. The summed E-state index contributed by atoms with van der Waals surface area (Å²) in [6.07, 6.45) is 0. The lowest BCUT2D eigenvalue weighted by atomic mass is 10.2. The molecule has 0 spiro atoms. The van der Waals surface area contributed by atoms with Crippen molar-refractivity contribution in [2.24, 2.45) is 0 Å². The van der Waals surface area contributed by atoms with E-state index in [4.69, 9.17) is 5.73 Å². The van der Waals surface area contributed by atoms with Crippen molar-refractivity contribution in [3.63, 3.8) is 0 Å². The largest absolute Gasteiger partial charge is 0.399 e. The highest BCUT2D eigenvalue weighted by molar-refractivity contribution is 7.85. The summed E-state index contributed by atoms with van der Waals surface area (Å²) in [4.78, 5) is 3.16. The zero-order chi connectivity index (χ0) is 12.8. The number of benzene rings is 1. The van der Waals surface area contributed by atoms with Gasteiger partial charge in [0.1, 0.15) is 0 Å². The molecule has 0 aliphatic rings. The highest BCUT2D eigenvalue weighted by Crippen LogP contribution is 2.15. The molecule has 0 saturated carbocycles. The van der Waals surface area contributed by atoms with Crippen molar-refractivity contribution in [2.45, 2.75) is 25.7 Å². The van der Waals surface area contributed by atoms with E-state index >= 15 is 0 Å². The Kier molecular flexibility index (Phi) is 5.65. The average Bonchev–Trinajstić information content (AvgIpc) is 2.33. The van der Waals surface area contributed by atoms with Gasteiger partial charge in [0.15, 0.2) is 0 Å². The summed E-state index contributed by atoms with van der Waals surface area (Å²) in [7, 11) is -0.923. The minimum Gasteiger partial charge on any atom is -0.399 e. The van der Waals surface area contributed by atoms with Crippen LogP contribution < -0.4 is 5.73 Å². The third-order valence-electron chi connectivity index (χ3n) is 2.99. The van der Waals surface area contributed by atoms with Crippen molar-refractivity contribution in [3.05, 3.63) is 23.8 Å². The molecule has 0 bridgehead atoms. The van der Waals surface area contributed by atoms with Gasteiger partial charge >= 0.3 is 0 Å². The Morgan fingerprint density at radius 3 is 2.47 bits per heavy atom. The molecule has 0 aromatic heterocycles. The number of aryl methyl sites for hydroxylation is 1. The molecule has 0 heterocycles. The molecule has 0 amide bonds. The molecule has 0 aliphatic carbocycles. The summed E-state index contributed by atoms with van der Waals surface area (Å²) < 4.78 is 12.1. The van der Waals surface area contributed by atoms with Crippen LogP contribution >= 0.6 is 0 Å². The van der Waals surface area contributed by atoms with E-state index < -0.39 is 10.8 Å². The Hall–Kier alpha value is -0.870. The summed E-state index contributed by atoms with van der Waals surface area (Å²) in [5, 5.41) is 0. The lowest BCUT2D eigenvalue weighted by molar-refractivity contribution is 0.323. The fourth-order valence-corrected chi connectivity index (χ4v) is 2.85. The van der Waals surface area contributed by atoms with Gasteiger partial charge in [-0.05, 0) is 43.8 Å². The van der Waals surface area contributed by atoms with Gasteiger partial charge in [-0.15, -0.1) is 0 Å². The van der Waals surface area contributed by atoms with Crippen molar-refractivity contribution in [1.29, 1.82) is 0 Å². The fourth-order valence-electron chi connectivity index (χ4n) is 1.66. The molecule has 2 N–H and O–H groups in total. The molecule has 4 heteroatoms. The number of nitrogens with two attached hydrogens (primary N) is 1. The van der Waals surface area contributed by atoms with E-state index in [0.29, 0.717) is 5.75 Å². The number of nitrogen functional groups attached to an aromatic ring is 1. The first kappa shape index (κ1) is 14.2. The van der Waals surface area contributed by atoms with Crippen LogP contribution in [0.3, 0.4) is 0 Å². The van der Waals surface area contributed by atoms with Gasteiger partial charge in [-0.3, -0.25) is 4.21 Å². The van der Waals surface area contributed by atoms with E-state index in [1.54, 1.807) is 0 Å². The quantitative estimate of drug-likeness (QED) is 0.790. The normalized spacial score (nSPS) is 12.9. The molecule has 3 nitrogen and oxygen atoms in total. The average molecular weight is 254 g/mol. The zero-order valence-electron chi connectivity index (χ0n) is 10.9. The highest BCUT2D eigenvalue weighted by atomic mass is 32.2. The molecule has 1 rings (SSSR count).